The number of hydrogen-bond donors (Lipinski definition) is 1. The summed E-state index contributed by atoms with van der Waals surface area (Å²) in [5, 5.41) is 16.9. The van der Waals surface area contributed by atoms with Crippen LogP contribution in [0.4, 0.5) is 0 Å². The zero-order valence-corrected chi connectivity index (χ0v) is 11.1. The maximum absolute atomic E-state index is 9.11. The van der Waals surface area contributed by atoms with Gasteiger partial charge in [-0.25, -0.2) is 0 Å². The van der Waals surface area contributed by atoms with Gasteiger partial charge in [-0.3, -0.25) is 9.58 Å². The Morgan fingerprint density at radius 3 is 3.22 bits per heavy atom. The smallest absolute Gasteiger partial charge is 0.111 e. The monoisotopic (exact) mass is 247 g/mol. The third kappa shape index (κ3) is 2.89. The number of hydrogen-bond acceptors (Lipinski definition) is 4. The van der Waals surface area contributed by atoms with Crippen molar-refractivity contribution in [3.05, 3.63) is 18.0 Å². The fraction of sp³-hybridized carbons (Fsp3) is 0.692. The summed E-state index contributed by atoms with van der Waals surface area (Å²) in [6, 6.07) is 4.81. The molecule has 0 bridgehead atoms. The van der Waals surface area contributed by atoms with Gasteiger partial charge in [0.1, 0.15) is 6.04 Å². The van der Waals surface area contributed by atoms with E-state index in [2.05, 4.69) is 41.3 Å². The quantitative estimate of drug-likeness (QED) is 0.867. The first-order chi connectivity index (χ1) is 8.74. The minimum Gasteiger partial charge on any atom is -0.313 e. The number of aromatic nitrogens is 2. The molecule has 98 valence electrons. The van der Waals surface area contributed by atoms with E-state index >= 15 is 0 Å². The lowest BCUT2D eigenvalue weighted by atomic mass is 10.2. The summed E-state index contributed by atoms with van der Waals surface area (Å²) in [7, 11) is 0. The van der Waals surface area contributed by atoms with Crippen molar-refractivity contribution in [1.82, 2.24) is 20.0 Å². The Balaban J connectivity index is 2.00. The van der Waals surface area contributed by atoms with Gasteiger partial charge in [-0.2, -0.15) is 10.4 Å². The summed E-state index contributed by atoms with van der Waals surface area (Å²) in [5.74, 6) is 0. The van der Waals surface area contributed by atoms with Crippen molar-refractivity contribution >= 4 is 0 Å². The summed E-state index contributed by atoms with van der Waals surface area (Å²) < 4.78 is 2.01. The molecule has 5 heteroatoms. The van der Waals surface area contributed by atoms with E-state index < -0.39 is 0 Å². The first-order valence-electron chi connectivity index (χ1n) is 6.63. The van der Waals surface area contributed by atoms with Crippen LogP contribution < -0.4 is 5.32 Å². The second-order valence-corrected chi connectivity index (χ2v) is 4.86. The number of rotatable bonds is 4. The minimum absolute atomic E-state index is 0.0347. The Bertz CT molecular complexity index is 419. The molecule has 0 aromatic carbocycles. The van der Waals surface area contributed by atoms with Crippen molar-refractivity contribution in [3.63, 3.8) is 0 Å². The number of nitrogens with one attached hydrogen (secondary N) is 1. The fourth-order valence-electron chi connectivity index (χ4n) is 2.17. The highest BCUT2D eigenvalue weighted by atomic mass is 15.3. The zero-order valence-electron chi connectivity index (χ0n) is 11.1. The third-order valence-electron chi connectivity index (χ3n) is 3.57. The molecule has 1 aliphatic heterocycles. The molecule has 0 aliphatic carbocycles. The van der Waals surface area contributed by atoms with Crippen LogP contribution in [0.25, 0.3) is 0 Å². The summed E-state index contributed by atoms with van der Waals surface area (Å²) >= 11 is 0. The van der Waals surface area contributed by atoms with E-state index in [9.17, 15) is 0 Å². The van der Waals surface area contributed by atoms with Crippen molar-refractivity contribution in [1.29, 1.82) is 5.26 Å². The van der Waals surface area contributed by atoms with Gasteiger partial charge in [-0.15, -0.1) is 0 Å². The minimum atomic E-state index is -0.0347. The zero-order chi connectivity index (χ0) is 13.0. The van der Waals surface area contributed by atoms with Crippen LogP contribution in [0.1, 0.15) is 32.0 Å². The molecule has 18 heavy (non-hydrogen) atoms. The molecular weight excluding hydrogens is 226 g/mol. The van der Waals surface area contributed by atoms with Crippen molar-refractivity contribution in [2.24, 2.45) is 0 Å². The Kier molecular flexibility index (Phi) is 4.34. The van der Waals surface area contributed by atoms with Gasteiger partial charge in [0, 0.05) is 38.4 Å². The molecule has 2 unspecified atom stereocenters. The number of nitriles is 1. The molecule has 0 spiro atoms. The molecule has 1 saturated heterocycles. The molecule has 2 heterocycles. The molecule has 1 aliphatic rings. The maximum Gasteiger partial charge on any atom is 0.111 e. The lowest BCUT2D eigenvalue weighted by molar-refractivity contribution is 0.186. The van der Waals surface area contributed by atoms with E-state index in [1.807, 2.05) is 10.9 Å². The van der Waals surface area contributed by atoms with Gasteiger partial charge < -0.3 is 5.32 Å². The van der Waals surface area contributed by atoms with Crippen LogP contribution in [0.5, 0.6) is 0 Å². The molecule has 5 nitrogen and oxygen atoms in total. The molecule has 2 atom stereocenters. The average Bonchev–Trinajstić information content (AvgIpc) is 2.87. The Hall–Kier alpha value is -1.38. The van der Waals surface area contributed by atoms with Crippen molar-refractivity contribution in [2.75, 3.05) is 19.6 Å². The lowest BCUT2D eigenvalue weighted by Crippen LogP contribution is -2.50. The van der Waals surface area contributed by atoms with E-state index in [4.69, 9.17) is 5.26 Å². The molecule has 1 fully saturated rings. The van der Waals surface area contributed by atoms with Gasteiger partial charge >= 0.3 is 0 Å². The molecule has 1 aromatic rings. The van der Waals surface area contributed by atoms with E-state index in [1.165, 1.54) is 0 Å². The van der Waals surface area contributed by atoms with Crippen LogP contribution in [-0.4, -0.2) is 40.4 Å². The standard InChI is InChI=1S/C13H21N5/c1-3-11(2)18-6-4-12(16-18)10-17-7-5-15-9-13(17)8-14/h4,6,11,13,15H,3,5,7,9-10H2,1-2H3. The highest BCUT2D eigenvalue weighted by Gasteiger charge is 2.22. The maximum atomic E-state index is 9.11. The van der Waals surface area contributed by atoms with Crippen molar-refractivity contribution in [2.45, 2.75) is 38.9 Å². The van der Waals surface area contributed by atoms with E-state index in [-0.39, 0.29) is 6.04 Å². The molecule has 1 aromatic heterocycles. The van der Waals surface area contributed by atoms with Crippen LogP contribution in [0.2, 0.25) is 0 Å². The predicted molar refractivity (Wildman–Crippen MR) is 69.9 cm³/mol. The van der Waals surface area contributed by atoms with E-state index in [0.717, 1.165) is 38.3 Å². The molecule has 0 amide bonds. The number of nitrogens with zero attached hydrogens (tertiary/aromatic N) is 4. The predicted octanol–water partition coefficient (Wildman–Crippen LogP) is 1.15. The number of piperazine rings is 1. The van der Waals surface area contributed by atoms with Crippen molar-refractivity contribution < 1.29 is 0 Å². The topological polar surface area (TPSA) is 56.9 Å². The first-order valence-corrected chi connectivity index (χ1v) is 6.63. The van der Waals surface area contributed by atoms with Gasteiger partial charge in [0.15, 0.2) is 0 Å². The van der Waals surface area contributed by atoms with Crippen LogP contribution in [0.15, 0.2) is 12.3 Å². The van der Waals surface area contributed by atoms with Gasteiger partial charge in [-0.1, -0.05) is 6.92 Å². The second kappa shape index (κ2) is 5.98. The highest BCUT2D eigenvalue weighted by molar-refractivity contribution is 5.03. The van der Waals surface area contributed by atoms with Crippen LogP contribution >= 0.6 is 0 Å². The summed E-state index contributed by atoms with van der Waals surface area (Å²) in [6.07, 6.45) is 3.11. The van der Waals surface area contributed by atoms with Crippen LogP contribution in [0.3, 0.4) is 0 Å². The first kappa shape index (κ1) is 13.1. The largest absolute Gasteiger partial charge is 0.313 e. The summed E-state index contributed by atoms with van der Waals surface area (Å²) in [5.41, 5.74) is 1.05. The van der Waals surface area contributed by atoms with Gasteiger partial charge in [0.25, 0.3) is 0 Å². The molecule has 2 rings (SSSR count). The average molecular weight is 247 g/mol. The lowest BCUT2D eigenvalue weighted by Gasteiger charge is -2.31. The second-order valence-electron chi connectivity index (χ2n) is 4.86. The highest BCUT2D eigenvalue weighted by Crippen LogP contribution is 2.12. The molecule has 1 N–H and O–H groups in total. The Labute approximate surface area is 108 Å². The van der Waals surface area contributed by atoms with Gasteiger partial charge in [-0.05, 0) is 19.4 Å². The van der Waals surface area contributed by atoms with E-state index in [0.29, 0.717) is 6.04 Å². The third-order valence-corrected chi connectivity index (χ3v) is 3.57. The molecular formula is C13H21N5. The van der Waals surface area contributed by atoms with Crippen molar-refractivity contribution in [3.8, 4) is 6.07 Å². The summed E-state index contributed by atoms with van der Waals surface area (Å²) in [6.45, 7) is 7.71. The molecule has 0 saturated carbocycles. The Morgan fingerprint density at radius 2 is 2.50 bits per heavy atom. The summed E-state index contributed by atoms with van der Waals surface area (Å²) in [4.78, 5) is 2.19. The van der Waals surface area contributed by atoms with Gasteiger partial charge in [0.2, 0.25) is 0 Å². The Morgan fingerprint density at radius 1 is 1.67 bits per heavy atom. The SMILES string of the molecule is CCC(C)n1ccc(CN2CCNCC2C#N)n1. The van der Waals surface area contributed by atoms with Crippen LogP contribution in [0, 0.1) is 11.3 Å². The van der Waals surface area contributed by atoms with Gasteiger partial charge in [0.05, 0.1) is 11.8 Å². The molecule has 0 radical (unpaired) electrons. The fourth-order valence-corrected chi connectivity index (χ4v) is 2.17. The van der Waals surface area contributed by atoms with Crippen LogP contribution in [-0.2, 0) is 6.54 Å². The normalized spacial score (nSPS) is 22.6. The van der Waals surface area contributed by atoms with E-state index in [1.54, 1.807) is 0 Å².